The van der Waals surface area contributed by atoms with Gasteiger partial charge in [-0.1, -0.05) is 48.8 Å². The highest BCUT2D eigenvalue weighted by Gasteiger charge is 2.31. The summed E-state index contributed by atoms with van der Waals surface area (Å²) in [6, 6.07) is 14.1. The number of aryl methyl sites for hydroxylation is 1. The van der Waals surface area contributed by atoms with Gasteiger partial charge < -0.3 is 14.3 Å². The third kappa shape index (κ3) is 5.34. The van der Waals surface area contributed by atoms with Gasteiger partial charge in [-0.25, -0.2) is 4.98 Å². The predicted octanol–water partition coefficient (Wildman–Crippen LogP) is 6.00. The molecule has 5 rings (SSSR count). The fourth-order valence-electron chi connectivity index (χ4n) is 4.66. The van der Waals surface area contributed by atoms with E-state index in [1.54, 1.807) is 4.90 Å². The Morgan fingerprint density at radius 3 is 2.45 bits per heavy atom. The zero-order valence-electron chi connectivity index (χ0n) is 21.0. The second-order valence-corrected chi connectivity index (χ2v) is 9.35. The van der Waals surface area contributed by atoms with Crippen LogP contribution in [0.4, 0.5) is 19.0 Å². The SMILES string of the molecule is CCCCc1nc(N2CCCN(C(=O)c3ccc(C(F)(F)F)cc3)CC2)c2c(-c3ccccc3)noc2n1. The van der Waals surface area contributed by atoms with Gasteiger partial charge in [0.25, 0.3) is 11.6 Å². The van der Waals surface area contributed by atoms with Gasteiger partial charge in [0, 0.05) is 43.7 Å². The van der Waals surface area contributed by atoms with Gasteiger partial charge in [-0.05, 0) is 37.1 Å². The average molecular weight is 524 g/mol. The first-order valence-corrected chi connectivity index (χ1v) is 12.8. The zero-order valence-corrected chi connectivity index (χ0v) is 21.0. The molecule has 0 unspecified atom stereocenters. The van der Waals surface area contributed by atoms with Crippen LogP contribution >= 0.6 is 0 Å². The number of nitrogens with zero attached hydrogens (tertiary/aromatic N) is 5. The number of halogens is 3. The number of amides is 1. The number of carbonyl (C=O) groups is 1. The summed E-state index contributed by atoms with van der Waals surface area (Å²) in [6.45, 7) is 4.16. The van der Waals surface area contributed by atoms with E-state index in [1.165, 1.54) is 12.1 Å². The Labute approximate surface area is 218 Å². The number of hydrogen-bond acceptors (Lipinski definition) is 6. The highest BCUT2D eigenvalue weighted by Crippen LogP contribution is 2.34. The molecule has 0 N–H and O–H groups in total. The van der Waals surface area contributed by atoms with Gasteiger partial charge in [0.2, 0.25) is 0 Å². The van der Waals surface area contributed by atoms with Crippen molar-refractivity contribution in [2.75, 3.05) is 31.1 Å². The summed E-state index contributed by atoms with van der Waals surface area (Å²) in [5, 5.41) is 5.06. The third-order valence-electron chi connectivity index (χ3n) is 6.71. The van der Waals surface area contributed by atoms with E-state index in [0.29, 0.717) is 56.3 Å². The topological polar surface area (TPSA) is 75.4 Å². The van der Waals surface area contributed by atoms with Gasteiger partial charge in [-0.2, -0.15) is 18.2 Å². The molecule has 1 saturated heterocycles. The molecule has 0 atom stereocenters. The summed E-state index contributed by atoms with van der Waals surface area (Å²) < 4.78 is 44.5. The first-order chi connectivity index (χ1) is 18.3. The van der Waals surface area contributed by atoms with E-state index in [-0.39, 0.29) is 11.5 Å². The van der Waals surface area contributed by atoms with Crippen LogP contribution in [0.5, 0.6) is 0 Å². The van der Waals surface area contributed by atoms with E-state index in [9.17, 15) is 18.0 Å². The van der Waals surface area contributed by atoms with Crippen molar-refractivity contribution in [3.8, 4) is 11.3 Å². The predicted molar refractivity (Wildman–Crippen MR) is 138 cm³/mol. The van der Waals surface area contributed by atoms with E-state index in [2.05, 4.69) is 22.0 Å². The molecule has 0 spiro atoms. The second kappa shape index (κ2) is 10.8. The van der Waals surface area contributed by atoms with Crippen LogP contribution in [0.25, 0.3) is 22.4 Å². The standard InChI is InChI=1S/C28H28F3N5O2/c1-2-3-10-22-32-25(23-24(34-38-26(23)33-22)19-8-5-4-6-9-19)35-15-7-16-36(18-17-35)27(37)20-11-13-21(14-12-20)28(29,30)31/h4-6,8-9,11-14H,2-3,7,10,15-18H2,1H3. The van der Waals surface area contributed by atoms with Crippen LogP contribution in [-0.2, 0) is 12.6 Å². The maximum absolute atomic E-state index is 13.1. The average Bonchev–Trinajstić information content (AvgIpc) is 3.20. The smallest absolute Gasteiger partial charge is 0.354 e. The lowest BCUT2D eigenvalue weighted by molar-refractivity contribution is -0.137. The Hall–Kier alpha value is -3.95. The Kier molecular flexibility index (Phi) is 7.31. The number of benzene rings is 2. The number of carbonyl (C=O) groups excluding carboxylic acids is 1. The van der Waals surface area contributed by atoms with Crippen molar-refractivity contribution in [2.24, 2.45) is 0 Å². The lowest BCUT2D eigenvalue weighted by Gasteiger charge is -2.24. The van der Waals surface area contributed by atoms with Crippen molar-refractivity contribution in [3.05, 3.63) is 71.5 Å². The highest BCUT2D eigenvalue weighted by atomic mass is 19.4. The van der Waals surface area contributed by atoms with Crippen LogP contribution in [0.1, 0.15) is 47.9 Å². The number of unbranched alkanes of at least 4 members (excludes halogenated alkanes) is 1. The van der Waals surface area contributed by atoms with Crippen LogP contribution in [0.3, 0.4) is 0 Å². The van der Waals surface area contributed by atoms with Crippen molar-refractivity contribution in [2.45, 2.75) is 38.8 Å². The van der Waals surface area contributed by atoms with Gasteiger partial charge in [0.05, 0.1) is 5.56 Å². The molecular formula is C28H28F3N5O2. The number of fused-ring (bicyclic) bond motifs is 1. The Morgan fingerprint density at radius 1 is 0.974 bits per heavy atom. The molecule has 7 nitrogen and oxygen atoms in total. The molecule has 1 aliphatic heterocycles. The minimum Gasteiger partial charge on any atom is -0.354 e. The van der Waals surface area contributed by atoms with E-state index in [4.69, 9.17) is 9.51 Å². The van der Waals surface area contributed by atoms with Gasteiger partial charge >= 0.3 is 6.18 Å². The van der Waals surface area contributed by atoms with Crippen LogP contribution < -0.4 is 4.90 Å². The number of rotatable bonds is 6. The minimum atomic E-state index is -4.44. The maximum Gasteiger partial charge on any atom is 0.416 e. The fourth-order valence-corrected chi connectivity index (χ4v) is 4.66. The van der Waals surface area contributed by atoms with Crippen molar-refractivity contribution >= 4 is 22.8 Å². The van der Waals surface area contributed by atoms with E-state index in [0.717, 1.165) is 41.7 Å². The molecule has 0 aliphatic carbocycles. The van der Waals surface area contributed by atoms with Gasteiger partial charge in [-0.3, -0.25) is 4.79 Å². The molecule has 4 aromatic rings. The van der Waals surface area contributed by atoms with E-state index < -0.39 is 11.7 Å². The summed E-state index contributed by atoms with van der Waals surface area (Å²) in [5.41, 5.74) is 1.46. The summed E-state index contributed by atoms with van der Waals surface area (Å²) in [7, 11) is 0. The number of hydrogen-bond donors (Lipinski definition) is 0. The summed E-state index contributed by atoms with van der Waals surface area (Å²) >= 11 is 0. The summed E-state index contributed by atoms with van der Waals surface area (Å²) in [4.78, 5) is 26.5. The van der Waals surface area contributed by atoms with Crippen molar-refractivity contribution in [3.63, 3.8) is 0 Å². The molecule has 1 fully saturated rings. The maximum atomic E-state index is 13.1. The zero-order chi connectivity index (χ0) is 26.7. The van der Waals surface area contributed by atoms with Crippen molar-refractivity contribution < 1.29 is 22.5 Å². The van der Waals surface area contributed by atoms with Crippen LogP contribution in [0, 0.1) is 0 Å². The van der Waals surface area contributed by atoms with Gasteiger partial charge in [0.1, 0.15) is 22.7 Å². The minimum absolute atomic E-state index is 0.239. The molecule has 198 valence electrons. The highest BCUT2D eigenvalue weighted by molar-refractivity contribution is 5.98. The van der Waals surface area contributed by atoms with Crippen LogP contribution in [0.2, 0.25) is 0 Å². The molecule has 1 amide bonds. The Bertz CT molecular complexity index is 1400. The molecule has 0 bridgehead atoms. The number of anilines is 1. The van der Waals surface area contributed by atoms with Gasteiger partial charge in [0.15, 0.2) is 0 Å². The van der Waals surface area contributed by atoms with Crippen LogP contribution in [-0.4, -0.2) is 52.1 Å². The summed E-state index contributed by atoms with van der Waals surface area (Å²) in [6.07, 6.45) is -1.10. The molecule has 10 heteroatoms. The lowest BCUT2D eigenvalue weighted by Crippen LogP contribution is -2.35. The van der Waals surface area contributed by atoms with Crippen molar-refractivity contribution in [1.82, 2.24) is 20.0 Å². The largest absolute Gasteiger partial charge is 0.416 e. The summed E-state index contributed by atoms with van der Waals surface area (Å²) in [5.74, 6) is 1.13. The molecule has 3 heterocycles. The van der Waals surface area contributed by atoms with Gasteiger partial charge in [-0.15, -0.1) is 0 Å². The van der Waals surface area contributed by atoms with Crippen molar-refractivity contribution in [1.29, 1.82) is 0 Å². The van der Waals surface area contributed by atoms with Crippen LogP contribution in [0.15, 0.2) is 59.1 Å². The number of aromatic nitrogens is 3. The Morgan fingerprint density at radius 2 is 1.74 bits per heavy atom. The molecule has 2 aromatic heterocycles. The molecular weight excluding hydrogens is 495 g/mol. The third-order valence-corrected chi connectivity index (χ3v) is 6.71. The normalized spacial score (nSPS) is 14.6. The molecule has 0 radical (unpaired) electrons. The molecule has 1 aliphatic rings. The van der Waals surface area contributed by atoms with E-state index >= 15 is 0 Å². The first-order valence-electron chi connectivity index (χ1n) is 12.8. The van der Waals surface area contributed by atoms with E-state index in [1.807, 2.05) is 30.3 Å². The second-order valence-electron chi connectivity index (χ2n) is 9.35. The Balaban J connectivity index is 1.42. The molecule has 0 saturated carbocycles. The quantitative estimate of drug-likeness (QED) is 0.309. The molecule has 38 heavy (non-hydrogen) atoms. The fraction of sp³-hybridized carbons (Fsp3) is 0.357. The first kappa shape index (κ1) is 25.7. The number of alkyl halides is 3. The lowest BCUT2D eigenvalue weighted by atomic mass is 10.1. The molecule has 2 aromatic carbocycles. The monoisotopic (exact) mass is 523 g/mol.